The van der Waals surface area contributed by atoms with E-state index in [9.17, 15) is 9.59 Å². The zero-order valence-electron chi connectivity index (χ0n) is 15.0. The number of benzene rings is 1. The van der Waals surface area contributed by atoms with E-state index in [4.69, 9.17) is 11.6 Å². The fraction of sp³-hybridized carbons (Fsp3) is 0.400. The van der Waals surface area contributed by atoms with Crippen molar-refractivity contribution in [3.05, 3.63) is 51.7 Å². The Morgan fingerprint density at radius 3 is 2.44 bits per heavy atom. The second-order valence-electron chi connectivity index (χ2n) is 6.97. The summed E-state index contributed by atoms with van der Waals surface area (Å²) >= 11 is 7.71. The molecular formula is C20H22ClN3O2S. The lowest BCUT2D eigenvalue weighted by atomic mass is 10.1. The largest absolute Gasteiger partial charge is 0.300 e. The van der Waals surface area contributed by atoms with Gasteiger partial charge >= 0.3 is 0 Å². The molecule has 2 amide bonds. The average Bonchev–Trinajstić information content (AvgIpc) is 3.30. The number of hydrogen-bond donors (Lipinski definition) is 0. The van der Waals surface area contributed by atoms with Gasteiger partial charge in [0.1, 0.15) is 0 Å². The minimum absolute atomic E-state index is 0.116. The second kappa shape index (κ2) is 8.10. The van der Waals surface area contributed by atoms with Crippen LogP contribution in [0.5, 0.6) is 0 Å². The van der Waals surface area contributed by atoms with E-state index in [0.717, 1.165) is 39.1 Å². The lowest BCUT2D eigenvalue weighted by Gasteiger charge is -2.37. The van der Waals surface area contributed by atoms with Gasteiger partial charge in [-0.25, -0.2) is 4.90 Å². The minimum Gasteiger partial charge on any atom is -0.300 e. The first-order chi connectivity index (χ1) is 13.1. The number of amides is 2. The third-order valence-electron chi connectivity index (χ3n) is 5.31. The molecule has 3 heterocycles. The van der Waals surface area contributed by atoms with Crippen LogP contribution in [-0.2, 0) is 16.0 Å². The van der Waals surface area contributed by atoms with E-state index in [-0.39, 0.29) is 24.3 Å². The van der Waals surface area contributed by atoms with Gasteiger partial charge < -0.3 is 4.90 Å². The molecule has 4 rings (SSSR count). The van der Waals surface area contributed by atoms with Gasteiger partial charge in [-0.1, -0.05) is 17.7 Å². The lowest BCUT2D eigenvalue weighted by molar-refractivity contribution is -0.123. The average molecular weight is 404 g/mol. The summed E-state index contributed by atoms with van der Waals surface area (Å²) in [6.07, 6.45) is 1.33. The van der Waals surface area contributed by atoms with Crippen molar-refractivity contribution in [2.45, 2.75) is 18.9 Å². The second-order valence-corrected chi connectivity index (χ2v) is 8.44. The van der Waals surface area contributed by atoms with Gasteiger partial charge in [0.05, 0.1) is 18.2 Å². The number of carbonyl (C=O) groups is 2. The monoisotopic (exact) mass is 403 g/mol. The van der Waals surface area contributed by atoms with Crippen molar-refractivity contribution in [1.29, 1.82) is 0 Å². The summed E-state index contributed by atoms with van der Waals surface area (Å²) < 4.78 is 0. The quantitative estimate of drug-likeness (QED) is 0.720. The van der Waals surface area contributed by atoms with Crippen molar-refractivity contribution in [3.8, 4) is 0 Å². The first-order valence-electron chi connectivity index (χ1n) is 9.23. The Balaban J connectivity index is 1.34. The number of carbonyl (C=O) groups excluding carboxylic acids is 2. The highest BCUT2D eigenvalue weighted by molar-refractivity contribution is 7.09. The highest BCUT2D eigenvalue weighted by Gasteiger charge is 2.43. The number of anilines is 1. The summed E-state index contributed by atoms with van der Waals surface area (Å²) in [5.74, 6) is -0.248. The first-order valence-corrected chi connectivity index (χ1v) is 10.5. The highest BCUT2D eigenvalue weighted by Crippen LogP contribution is 2.27. The molecule has 2 aromatic rings. The molecule has 27 heavy (non-hydrogen) atoms. The van der Waals surface area contributed by atoms with E-state index in [1.54, 1.807) is 35.6 Å². The van der Waals surface area contributed by atoms with Crippen LogP contribution in [0.4, 0.5) is 5.69 Å². The maximum absolute atomic E-state index is 12.9. The van der Waals surface area contributed by atoms with Gasteiger partial charge in [-0.2, -0.15) is 0 Å². The minimum atomic E-state index is -0.340. The van der Waals surface area contributed by atoms with Crippen LogP contribution in [0.25, 0.3) is 0 Å². The van der Waals surface area contributed by atoms with Crippen molar-refractivity contribution in [1.82, 2.24) is 9.80 Å². The molecule has 2 aliphatic rings. The molecule has 5 nitrogen and oxygen atoms in total. The Bertz CT molecular complexity index is 801. The molecule has 0 N–H and O–H groups in total. The molecule has 2 aliphatic heterocycles. The number of thiophene rings is 1. The fourth-order valence-electron chi connectivity index (χ4n) is 3.78. The van der Waals surface area contributed by atoms with E-state index < -0.39 is 0 Å². The Labute approximate surface area is 168 Å². The molecule has 0 radical (unpaired) electrons. The van der Waals surface area contributed by atoms with Gasteiger partial charge in [0.2, 0.25) is 5.91 Å². The Morgan fingerprint density at radius 1 is 1.04 bits per heavy atom. The molecule has 1 aromatic carbocycles. The van der Waals surface area contributed by atoms with E-state index in [1.165, 1.54) is 9.78 Å². The van der Waals surface area contributed by atoms with Gasteiger partial charge in [0.15, 0.2) is 0 Å². The smallest absolute Gasteiger partial charge is 0.251 e. The molecule has 1 atom stereocenters. The van der Waals surface area contributed by atoms with Crippen LogP contribution in [0, 0.1) is 0 Å². The van der Waals surface area contributed by atoms with E-state index in [1.807, 2.05) is 0 Å². The maximum atomic E-state index is 12.9. The highest BCUT2D eigenvalue weighted by atomic mass is 35.5. The fourth-order valence-corrected chi connectivity index (χ4v) is 4.61. The molecular weight excluding hydrogens is 382 g/mol. The van der Waals surface area contributed by atoms with Gasteiger partial charge in [-0.15, -0.1) is 11.3 Å². The van der Waals surface area contributed by atoms with Crippen molar-refractivity contribution >= 4 is 40.4 Å². The van der Waals surface area contributed by atoms with Crippen molar-refractivity contribution in [2.24, 2.45) is 0 Å². The molecule has 2 saturated heterocycles. The van der Waals surface area contributed by atoms with Gasteiger partial charge in [-0.05, 0) is 42.1 Å². The molecule has 142 valence electrons. The first kappa shape index (κ1) is 18.6. The predicted octanol–water partition coefficient (Wildman–Crippen LogP) is 2.89. The van der Waals surface area contributed by atoms with Crippen LogP contribution in [-0.4, -0.2) is 60.4 Å². The molecule has 2 fully saturated rings. The standard InChI is InChI=1S/C20H22ClN3O2S/c21-15-3-5-16(6-4-15)24-19(25)14-18(20(24)26)23-11-9-22(10-12-23)8-7-17-2-1-13-27-17/h1-6,13,18H,7-12,14H2/t18-/m1/s1. The summed E-state index contributed by atoms with van der Waals surface area (Å²) in [5.41, 5.74) is 0.603. The summed E-state index contributed by atoms with van der Waals surface area (Å²) in [6, 6.07) is 10.8. The van der Waals surface area contributed by atoms with E-state index in [2.05, 4.69) is 27.3 Å². The number of rotatable bonds is 5. The third kappa shape index (κ3) is 4.09. The van der Waals surface area contributed by atoms with Crippen LogP contribution in [0.15, 0.2) is 41.8 Å². The Morgan fingerprint density at radius 2 is 1.78 bits per heavy atom. The molecule has 0 bridgehead atoms. The number of hydrogen-bond acceptors (Lipinski definition) is 5. The van der Waals surface area contributed by atoms with Gasteiger partial charge in [0, 0.05) is 42.6 Å². The van der Waals surface area contributed by atoms with E-state index in [0.29, 0.717) is 10.7 Å². The molecule has 0 unspecified atom stereocenters. The predicted molar refractivity (Wildman–Crippen MR) is 108 cm³/mol. The number of piperazine rings is 1. The maximum Gasteiger partial charge on any atom is 0.251 e. The molecule has 0 spiro atoms. The molecule has 0 aliphatic carbocycles. The summed E-state index contributed by atoms with van der Waals surface area (Å²) in [5, 5.41) is 2.70. The van der Waals surface area contributed by atoms with Crippen molar-refractivity contribution in [2.75, 3.05) is 37.6 Å². The van der Waals surface area contributed by atoms with Crippen LogP contribution in [0.1, 0.15) is 11.3 Å². The number of imide groups is 1. The Kier molecular flexibility index (Phi) is 5.59. The van der Waals surface area contributed by atoms with Crippen molar-refractivity contribution < 1.29 is 9.59 Å². The topological polar surface area (TPSA) is 43.9 Å². The van der Waals surface area contributed by atoms with Crippen LogP contribution < -0.4 is 4.90 Å². The Hall–Kier alpha value is -1.73. The number of halogens is 1. The third-order valence-corrected chi connectivity index (χ3v) is 6.50. The normalized spacial score (nSPS) is 22.0. The zero-order valence-corrected chi connectivity index (χ0v) is 16.6. The van der Waals surface area contributed by atoms with E-state index >= 15 is 0 Å². The summed E-state index contributed by atoms with van der Waals surface area (Å²) in [7, 11) is 0. The summed E-state index contributed by atoms with van der Waals surface area (Å²) in [6.45, 7) is 4.56. The zero-order chi connectivity index (χ0) is 18.8. The molecule has 7 heteroatoms. The van der Waals surface area contributed by atoms with Crippen LogP contribution >= 0.6 is 22.9 Å². The van der Waals surface area contributed by atoms with Crippen LogP contribution in [0.3, 0.4) is 0 Å². The summed E-state index contributed by atoms with van der Waals surface area (Å²) in [4.78, 5) is 32.7. The van der Waals surface area contributed by atoms with Gasteiger partial charge in [-0.3, -0.25) is 14.5 Å². The molecule has 0 saturated carbocycles. The van der Waals surface area contributed by atoms with Gasteiger partial charge in [0.25, 0.3) is 5.91 Å². The van der Waals surface area contributed by atoms with Crippen molar-refractivity contribution in [3.63, 3.8) is 0 Å². The number of nitrogens with zero attached hydrogens (tertiary/aromatic N) is 3. The van der Waals surface area contributed by atoms with Crippen LogP contribution in [0.2, 0.25) is 5.02 Å². The molecule has 1 aromatic heterocycles. The SMILES string of the molecule is O=C1C[C@@H](N2CCN(CCc3cccs3)CC2)C(=O)N1c1ccc(Cl)cc1. The lowest BCUT2D eigenvalue weighted by Crippen LogP contribution is -2.52.